The van der Waals surface area contributed by atoms with Crippen molar-refractivity contribution in [2.75, 3.05) is 23.0 Å². The summed E-state index contributed by atoms with van der Waals surface area (Å²) in [5.74, 6) is -3.31. The number of anilines is 2. The summed E-state index contributed by atoms with van der Waals surface area (Å²) in [7, 11) is 0. The molecule has 0 saturated heterocycles. The number of ether oxygens (including phenoxy) is 1. The van der Waals surface area contributed by atoms with E-state index in [4.69, 9.17) is 32.0 Å². The minimum atomic E-state index is -5.08. The molecule has 1 aliphatic heterocycles. The number of benzene rings is 2. The lowest BCUT2D eigenvalue weighted by atomic mass is 9.81. The van der Waals surface area contributed by atoms with Crippen LogP contribution in [0.2, 0.25) is 0 Å². The number of tetrazole rings is 1. The monoisotopic (exact) mass is 775 g/mol. The Labute approximate surface area is 313 Å². The SMILES string of the molecule is CC(C)(C)OC(=O)NCC1CCC(C(=O)N(C(=O)[C@@H](N)Cc2ccc(N3CN=CC=C3Cl)cc2)c2ccc(-c3nn[nH]n3)cc2)CC1.O=C(O)C(F)(F)F. The minimum absolute atomic E-state index is 0.206. The summed E-state index contributed by atoms with van der Waals surface area (Å²) in [6.45, 7) is 6.33. The number of imide groups is 1. The molecule has 0 spiro atoms. The molecule has 1 aliphatic carbocycles. The average Bonchev–Trinajstić information content (AvgIpc) is 3.66. The standard InChI is InChI=1S/C33H40ClN9O4.C2HF3O2/c1-33(2,3)47-32(46)37-19-22-4-8-24(9-5-22)30(44)43(26-14-10-23(11-15-26)29-38-40-41-39-29)31(45)27(35)18-21-6-12-25(13-7-21)42-20-36-17-16-28(42)34;3-2(4,5)1(6)7/h6-7,10-17,22,24,27H,4-5,8-9,18-20,35H2,1-3H3,(H,37,46)(H,38,39,40,41);(H,6,7)/t22?,24?,27-;/m0./s1. The quantitative estimate of drug-likeness (QED) is 0.208. The molecule has 15 nitrogen and oxygen atoms in total. The second-order valence-corrected chi connectivity index (χ2v) is 14.0. The number of rotatable bonds is 9. The number of H-pyrrole nitrogens is 1. The van der Waals surface area contributed by atoms with Crippen LogP contribution in [0.1, 0.15) is 52.0 Å². The maximum atomic E-state index is 14.1. The van der Waals surface area contributed by atoms with E-state index in [1.165, 1.54) is 4.90 Å². The normalized spacial score (nSPS) is 17.7. The largest absolute Gasteiger partial charge is 0.490 e. The molecule has 3 amide bonds. The number of aromatic amines is 1. The summed E-state index contributed by atoms with van der Waals surface area (Å²) in [6.07, 6.45) is 0.698. The zero-order valence-electron chi connectivity index (χ0n) is 29.7. The van der Waals surface area contributed by atoms with Gasteiger partial charge in [-0.3, -0.25) is 14.6 Å². The summed E-state index contributed by atoms with van der Waals surface area (Å²) in [4.78, 5) is 56.4. The first-order chi connectivity index (χ1) is 25.4. The molecule has 1 fully saturated rings. The number of aromatic nitrogens is 4. The number of carbonyl (C=O) groups is 4. The molecule has 54 heavy (non-hydrogen) atoms. The number of nitrogens with two attached hydrogens (primary N) is 1. The first-order valence-corrected chi connectivity index (χ1v) is 17.3. The van der Waals surface area contributed by atoms with Crippen molar-refractivity contribution in [3.63, 3.8) is 0 Å². The van der Waals surface area contributed by atoms with Crippen molar-refractivity contribution in [1.82, 2.24) is 25.9 Å². The fourth-order valence-electron chi connectivity index (χ4n) is 5.67. The number of halogens is 4. The Morgan fingerprint density at radius 3 is 2.22 bits per heavy atom. The van der Waals surface area contributed by atoms with Crippen molar-refractivity contribution in [3.05, 3.63) is 65.3 Å². The molecule has 0 radical (unpaired) electrons. The third-order valence-electron chi connectivity index (χ3n) is 8.36. The highest BCUT2D eigenvalue weighted by atomic mass is 35.5. The van der Waals surface area contributed by atoms with E-state index in [-0.39, 0.29) is 24.2 Å². The van der Waals surface area contributed by atoms with Gasteiger partial charge in [0, 0.05) is 29.9 Å². The van der Waals surface area contributed by atoms with Crippen molar-refractivity contribution in [1.29, 1.82) is 0 Å². The smallest absolute Gasteiger partial charge is 0.475 e. The van der Waals surface area contributed by atoms with Crippen LogP contribution >= 0.6 is 11.6 Å². The van der Waals surface area contributed by atoms with E-state index in [1.807, 2.05) is 49.9 Å². The highest BCUT2D eigenvalue weighted by Crippen LogP contribution is 2.32. The van der Waals surface area contributed by atoms with Gasteiger partial charge in [0.2, 0.25) is 11.7 Å². The molecular formula is C35H41ClF3N9O6. The van der Waals surface area contributed by atoms with Crippen LogP contribution < -0.4 is 20.9 Å². The number of aliphatic carboxylic acids is 1. The predicted molar refractivity (Wildman–Crippen MR) is 193 cm³/mol. The number of carboxylic acids is 1. The summed E-state index contributed by atoms with van der Waals surface area (Å²) in [5.41, 5.74) is 8.73. The Hall–Kier alpha value is -5.36. The van der Waals surface area contributed by atoms with Crippen molar-refractivity contribution >= 4 is 53.1 Å². The predicted octanol–water partition coefficient (Wildman–Crippen LogP) is 5.19. The van der Waals surface area contributed by atoms with Crippen molar-refractivity contribution < 1.29 is 42.2 Å². The van der Waals surface area contributed by atoms with E-state index >= 15 is 0 Å². The lowest BCUT2D eigenvalue weighted by Gasteiger charge is -2.32. The van der Waals surface area contributed by atoms with Gasteiger partial charge in [-0.15, -0.1) is 10.2 Å². The highest BCUT2D eigenvalue weighted by Gasteiger charge is 2.38. The third kappa shape index (κ3) is 11.8. The molecule has 5 rings (SSSR count). The van der Waals surface area contributed by atoms with Crippen LogP contribution in [0.5, 0.6) is 0 Å². The lowest BCUT2D eigenvalue weighted by Crippen LogP contribution is -2.50. The fourth-order valence-corrected chi connectivity index (χ4v) is 5.88. The van der Waals surface area contributed by atoms with E-state index < -0.39 is 35.8 Å². The Morgan fingerprint density at radius 1 is 1.06 bits per heavy atom. The molecule has 0 unspecified atom stereocenters. The number of carboxylic acid groups (broad SMARTS) is 1. The number of aliphatic imine (C=N–C) groups is 1. The highest BCUT2D eigenvalue weighted by molar-refractivity contribution is 6.32. The van der Waals surface area contributed by atoms with Gasteiger partial charge < -0.3 is 25.8 Å². The minimum Gasteiger partial charge on any atom is -0.475 e. The average molecular weight is 776 g/mol. The fraction of sp³-hybridized carbons (Fsp3) is 0.429. The zero-order chi connectivity index (χ0) is 39.6. The van der Waals surface area contributed by atoms with Gasteiger partial charge in [0.25, 0.3) is 5.91 Å². The Kier molecular flexibility index (Phi) is 13.9. The van der Waals surface area contributed by atoms with Crippen LogP contribution in [-0.2, 0) is 25.5 Å². The molecule has 1 saturated carbocycles. The Balaban J connectivity index is 0.000000845. The van der Waals surface area contributed by atoms with Crippen molar-refractivity contribution in [2.24, 2.45) is 22.6 Å². The van der Waals surface area contributed by atoms with E-state index in [2.05, 4.69) is 30.9 Å². The van der Waals surface area contributed by atoms with Gasteiger partial charge in [-0.05, 0) is 112 Å². The van der Waals surface area contributed by atoms with Crippen molar-refractivity contribution in [2.45, 2.75) is 70.7 Å². The molecular weight excluding hydrogens is 735 g/mol. The van der Waals surface area contributed by atoms with Crippen LogP contribution in [0.3, 0.4) is 0 Å². The molecule has 0 bridgehead atoms. The first kappa shape index (κ1) is 41.4. The van der Waals surface area contributed by atoms with Gasteiger partial charge in [0.05, 0.1) is 11.7 Å². The van der Waals surface area contributed by atoms with Gasteiger partial charge in [0.1, 0.15) is 17.4 Å². The number of allylic oxidation sites excluding steroid dienone is 1. The van der Waals surface area contributed by atoms with Gasteiger partial charge in [-0.25, -0.2) is 14.5 Å². The summed E-state index contributed by atoms with van der Waals surface area (Å²) in [6, 6.07) is 13.5. The molecule has 290 valence electrons. The number of hydrogen-bond donors (Lipinski definition) is 4. The number of alkyl carbamates (subject to hydrolysis) is 1. The third-order valence-corrected chi connectivity index (χ3v) is 8.69. The molecule has 2 heterocycles. The zero-order valence-corrected chi connectivity index (χ0v) is 30.5. The topological polar surface area (TPSA) is 209 Å². The van der Waals surface area contributed by atoms with Crippen molar-refractivity contribution in [3.8, 4) is 11.4 Å². The molecule has 19 heteroatoms. The number of nitrogens with one attached hydrogen (secondary N) is 2. The maximum absolute atomic E-state index is 14.1. The second-order valence-electron chi connectivity index (χ2n) is 13.6. The van der Waals surface area contributed by atoms with Gasteiger partial charge >= 0.3 is 18.2 Å². The second kappa shape index (κ2) is 18.1. The summed E-state index contributed by atoms with van der Waals surface area (Å²) >= 11 is 6.33. The van der Waals surface area contributed by atoms with Crippen LogP contribution in [0.15, 0.2) is 64.8 Å². The molecule has 2 aliphatic rings. The maximum Gasteiger partial charge on any atom is 0.490 e. The van der Waals surface area contributed by atoms with Crippen LogP contribution in [0.4, 0.5) is 29.3 Å². The van der Waals surface area contributed by atoms with Crippen LogP contribution in [0, 0.1) is 11.8 Å². The number of alkyl halides is 3. The Bertz CT molecular complexity index is 1810. The summed E-state index contributed by atoms with van der Waals surface area (Å²) in [5, 5.41) is 24.5. The molecule has 1 atom stereocenters. The van der Waals surface area contributed by atoms with E-state index in [9.17, 15) is 27.6 Å². The number of amides is 3. The number of carbonyl (C=O) groups excluding carboxylic acids is 3. The van der Waals surface area contributed by atoms with Crippen LogP contribution in [-0.4, -0.2) is 86.9 Å². The lowest BCUT2D eigenvalue weighted by molar-refractivity contribution is -0.192. The molecule has 5 N–H and O–H groups in total. The van der Waals surface area contributed by atoms with Gasteiger partial charge in [-0.2, -0.15) is 18.4 Å². The van der Waals surface area contributed by atoms with Gasteiger partial charge in [0.15, 0.2) is 0 Å². The summed E-state index contributed by atoms with van der Waals surface area (Å²) < 4.78 is 37.1. The van der Waals surface area contributed by atoms with Crippen LogP contribution in [0.25, 0.3) is 11.4 Å². The van der Waals surface area contributed by atoms with E-state index in [1.54, 1.807) is 36.6 Å². The number of nitrogens with zero attached hydrogens (tertiary/aromatic N) is 6. The molecule has 1 aromatic heterocycles. The van der Waals surface area contributed by atoms with Gasteiger partial charge in [-0.1, -0.05) is 23.7 Å². The molecule has 3 aromatic rings. The Morgan fingerprint density at radius 2 is 1.69 bits per heavy atom. The van der Waals surface area contributed by atoms with E-state index in [0.29, 0.717) is 48.3 Å². The van der Waals surface area contributed by atoms with E-state index in [0.717, 1.165) is 24.1 Å². The first-order valence-electron chi connectivity index (χ1n) is 16.9. The molecule has 2 aromatic carbocycles. The number of hydrogen-bond acceptors (Lipinski definition) is 11.